The van der Waals surface area contributed by atoms with Crippen molar-refractivity contribution in [1.82, 2.24) is 9.78 Å². The smallest absolute Gasteiger partial charge is 0.322 e. The number of hydrogen-bond donors (Lipinski definition) is 1. The molecule has 1 amide bonds. The number of amides is 1. The molecule has 1 aromatic heterocycles. The lowest BCUT2D eigenvalue weighted by Crippen LogP contribution is -2.17. The number of non-ortho nitro benzene ring substituents is 1. The SMILES string of the molecule is Cc1ccc(C)c(Oc2cc(NC(=O)c3c([N+](=O)[O-])c(C)nn3C)cc([N+](=O)[O-])c2)c1. The van der Waals surface area contributed by atoms with Gasteiger partial charge in [-0.3, -0.25) is 29.7 Å². The van der Waals surface area contributed by atoms with Crippen molar-refractivity contribution in [3.8, 4) is 11.5 Å². The highest BCUT2D eigenvalue weighted by molar-refractivity contribution is 6.06. The van der Waals surface area contributed by atoms with Crippen molar-refractivity contribution in [2.45, 2.75) is 20.8 Å². The standard InChI is InChI=1S/C20H19N5O6/c1-11-5-6-12(2)17(7-11)31-16-9-14(8-15(10-16)24(27)28)21-20(26)19-18(25(29)30)13(3)22-23(19)4/h5-10H,1-4H3,(H,21,26). The molecule has 3 rings (SSSR count). The number of anilines is 1. The van der Waals surface area contributed by atoms with Gasteiger partial charge in [0.25, 0.3) is 11.6 Å². The summed E-state index contributed by atoms with van der Waals surface area (Å²) < 4.78 is 6.91. The first-order valence-corrected chi connectivity index (χ1v) is 9.10. The van der Waals surface area contributed by atoms with E-state index in [1.54, 1.807) is 6.07 Å². The molecular formula is C20H19N5O6. The van der Waals surface area contributed by atoms with Gasteiger partial charge < -0.3 is 10.1 Å². The van der Waals surface area contributed by atoms with Crippen molar-refractivity contribution < 1.29 is 19.4 Å². The van der Waals surface area contributed by atoms with E-state index in [4.69, 9.17) is 4.74 Å². The molecule has 0 aliphatic rings. The Morgan fingerprint density at radius 1 is 1.06 bits per heavy atom. The molecular weight excluding hydrogens is 406 g/mol. The molecule has 0 aliphatic carbocycles. The van der Waals surface area contributed by atoms with Crippen LogP contribution in [0.15, 0.2) is 36.4 Å². The van der Waals surface area contributed by atoms with Gasteiger partial charge >= 0.3 is 5.69 Å². The first kappa shape index (κ1) is 21.4. The lowest BCUT2D eigenvalue weighted by atomic mass is 10.1. The Hall–Kier alpha value is -4.28. The van der Waals surface area contributed by atoms with Gasteiger partial charge in [0.15, 0.2) is 0 Å². The second-order valence-corrected chi connectivity index (χ2v) is 6.96. The molecule has 0 fully saturated rings. The summed E-state index contributed by atoms with van der Waals surface area (Å²) in [5, 5.41) is 29.1. The highest BCUT2D eigenvalue weighted by Gasteiger charge is 2.29. The van der Waals surface area contributed by atoms with Gasteiger partial charge in [0.05, 0.1) is 21.6 Å². The molecule has 0 unspecified atom stereocenters. The summed E-state index contributed by atoms with van der Waals surface area (Å²) in [5.74, 6) is -0.183. The zero-order valence-corrected chi connectivity index (χ0v) is 17.2. The number of ether oxygens (including phenoxy) is 1. The van der Waals surface area contributed by atoms with Gasteiger partial charge in [-0.1, -0.05) is 12.1 Å². The second kappa shape index (κ2) is 8.22. The number of nitro groups is 2. The quantitative estimate of drug-likeness (QED) is 0.460. The monoisotopic (exact) mass is 425 g/mol. The molecule has 1 N–H and O–H groups in total. The highest BCUT2D eigenvalue weighted by atomic mass is 16.6. The summed E-state index contributed by atoms with van der Waals surface area (Å²) in [5.41, 5.74) is 0.877. The molecule has 0 saturated heterocycles. The van der Waals surface area contributed by atoms with Crippen LogP contribution in [-0.4, -0.2) is 25.5 Å². The van der Waals surface area contributed by atoms with E-state index >= 15 is 0 Å². The van der Waals surface area contributed by atoms with Gasteiger partial charge in [-0.15, -0.1) is 0 Å². The number of carbonyl (C=O) groups is 1. The van der Waals surface area contributed by atoms with E-state index in [2.05, 4.69) is 10.4 Å². The number of nitro benzene ring substituents is 1. The third kappa shape index (κ3) is 4.50. The minimum Gasteiger partial charge on any atom is -0.457 e. The Balaban J connectivity index is 1.98. The first-order valence-electron chi connectivity index (χ1n) is 9.10. The van der Waals surface area contributed by atoms with E-state index in [-0.39, 0.29) is 28.5 Å². The maximum Gasteiger partial charge on any atom is 0.322 e. The first-order chi connectivity index (χ1) is 14.6. The summed E-state index contributed by atoms with van der Waals surface area (Å²) in [6, 6.07) is 9.33. The Morgan fingerprint density at radius 3 is 2.42 bits per heavy atom. The van der Waals surface area contributed by atoms with Crippen LogP contribution >= 0.6 is 0 Å². The Labute approximate surface area is 176 Å². The predicted octanol–water partition coefficient (Wildman–Crippen LogP) is 4.21. The van der Waals surface area contributed by atoms with Gasteiger partial charge in [-0.05, 0) is 38.0 Å². The van der Waals surface area contributed by atoms with Crippen LogP contribution in [0.5, 0.6) is 11.5 Å². The number of carbonyl (C=O) groups excluding carboxylic acids is 1. The Morgan fingerprint density at radius 2 is 1.77 bits per heavy atom. The van der Waals surface area contributed by atoms with Crippen LogP contribution < -0.4 is 10.1 Å². The van der Waals surface area contributed by atoms with Crippen LogP contribution in [-0.2, 0) is 7.05 Å². The van der Waals surface area contributed by atoms with Crippen molar-refractivity contribution >= 4 is 23.0 Å². The van der Waals surface area contributed by atoms with Gasteiger partial charge in [-0.2, -0.15) is 5.10 Å². The zero-order valence-electron chi connectivity index (χ0n) is 17.2. The van der Waals surface area contributed by atoms with E-state index < -0.39 is 21.4 Å². The zero-order chi connectivity index (χ0) is 22.9. The highest BCUT2D eigenvalue weighted by Crippen LogP contribution is 2.32. The van der Waals surface area contributed by atoms with Gasteiger partial charge in [0, 0.05) is 19.2 Å². The van der Waals surface area contributed by atoms with Crippen LogP contribution in [0.4, 0.5) is 17.1 Å². The molecule has 1 heterocycles. The lowest BCUT2D eigenvalue weighted by molar-refractivity contribution is -0.385. The minimum atomic E-state index is -0.826. The fourth-order valence-corrected chi connectivity index (χ4v) is 3.07. The van der Waals surface area contributed by atoms with E-state index in [9.17, 15) is 25.0 Å². The second-order valence-electron chi connectivity index (χ2n) is 6.96. The van der Waals surface area contributed by atoms with Crippen LogP contribution in [0, 0.1) is 41.0 Å². The largest absolute Gasteiger partial charge is 0.457 e. The summed E-state index contributed by atoms with van der Waals surface area (Å²) in [6.45, 7) is 5.13. The van der Waals surface area contributed by atoms with Crippen molar-refractivity contribution in [3.63, 3.8) is 0 Å². The summed E-state index contributed by atoms with van der Waals surface area (Å²) in [6.07, 6.45) is 0. The molecule has 0 spiro atoms. The molecule has 0 bridgehead atoms. The summed E-state index contributed by atoms with van der Waals surface area (Å²) >= 11 is 0. The summed E-state index contributed by atoms with van der Waals surface area (Å²) in [4.78, 5) is 34.1. The Kier molecular flexibility index (Phi) is 5.68. The topological polar surface area (TPSA) is 142 Å². The van der Waals surface area contributed by atoms with Gasteiger partial charge in [0.2, 0.25) is 5.69 Å². The van der Waals surface area contributed by atoms with Crippen LogP contribution in [0.2, 0.25) is 0 Å². The number of aromatic nitrogens is 2. The van der Waals surface area contributed by atoms with E-state index in [0.29, 0.717) is 5.75 Å². The molecule has 2 aromatic carbocycles. The molecule has 160 valence electrons. The maximum atomic E-state index is 12.7. The molecule has 11 nitrogen and oxygen atoms in total. The molecule has 0 aliphatic heterocycles. The molecule has 3 aromatic rings. The van der Waals surface area contributed by atoms with Crippen LogP contribution in [0.1, 0.15) is 27.3 Å². The minimum absolute atomic E-state index is 0.0488. The van der Waals surface area contributed by atoms with E-state index in [0.717, 1.165) is 21.9 Å². The third-order valence-corrected chi connectivity index (χ3v) is 4.52. The molecule has 0 saturated carbocycles. The summed E-state index contributed by atoms with van der Waals surface area (Å²) in [7, 11) is 1.40. The predicted molar refractivity (Wildman–Crippen MR) is 112 cm³/mol. The van der Waals surface area contributed by atoms with Crippen molar-refractivity contribution in [1.29, 1.82) is 0 Å². The van der Waals surface area contributed by atoms with Gasteiger partial charge in [0.1, 0.15) is 17.2 Å². The number of nitrogens with zero attached hydrogens (tertiary/aromatic N) is 4. The number of aryl methyl sites for hydroxylation is 4. The Bertz CT molecular complexity index is 1220. The number of benzene rings is 2. The number of nitrogens with one attached hydrogen (secondary N) is 1. The molecule has 31 heavy (non-hydrogen) atoms. The molecule has 11 heteroatoms. The molecule has 0 atom stereocenters. The number of hydrogen-bond acceptors (Lipinski definition) is 7. The average Bonchev–Trinajstić information content (AvgIpc) is 2.98. The number of rotatable bonds is 6. The van der Waals surface area contributed by atoms with Crippen LogP contribution in [0.3, 0.4) is 0 Å². The van der Waals surface area contributed by atoms with Crippen molar-refractivity contribution in [2.24, 2.45) is 7.05 Å². The average molecular weight is 425 g/mol. The normalized spacial score (nSPS) is 10.6. The van der Waals surface area contributed by atoms with E-state index in [1.807, 2.05) is 26.0 Å². The molecule has 0 radical (unpaired) electrons. The fraction of sp³-hybridized carbons (Fsp3) is 0.200. The lowest BCUT2D eigenvalue weighted by Gasteiger charge is -2.12. The van der Waals surface area contributed by atoms with E-state index in [1.165, 1.54) is 26.1 Å². The third-order valence-electron chi connectivity index (χ3n) is 4.52. The van der Waals surface area contributed by atoms with Crippen LogP contribution in [0.25, 0.3) is 0 Å². The van der Waals surface area contributed by atoms with Crippen molar-refractivity contribution in [2.75, 3.05) is 5.32 Å². The van der Waals surface area contributed by atoms with Crippen molar-refractivity contribution in [3.05, 3.63) is 79.1 Å². The maximum absolute atomic E-state index is 12.7. The van der Waals surface area contributed by atoms with Gasteiger partial charge in [-0.25, -0.2) is 0 Å². The fourth-order valence-electron chi connectivity index (χ4n) is 3.07.